The fraction of sp³-hybridized carbons (Fsp3) is 0.417. The fourth-order valence-corrected chi connectivity index (χ4v) is 5.21. The van der Waals surface area contributed by atoms with Crippen LogP contribution in [0, 0.1) is 13.8 Å². The number of benzene rings is 2. The highest BCUT2D eigenvalue weighted by molar-refractivity contribution is 7.92. The summed E-state index contributed by atoms with van der Waals surface area (Å²) in [6, 6.07) is 11.4. The molecule has 1 atom stereocenters. The van der Waals surface area contributed by atoms with Gasteiger partial charge in [-0.1, -0.05) is 6.07 Å². The summed E-state index contributed by atoms with van der Waals surface area (Å²) in [5.74, 6) is -0.122. The molecule has 0 aromatic heterocycles. The lowest BCUT2D eigenvalue weighted by Crippen LogP contribution is -2.52. The molecule has 1 unspecified atom stereocenters. The largest absolute Gasteiger partial charge is 0.368 e. The summed E-state index contributed by atoms with van der Waals surface area (Å²) in [5, 5.41) is 0. The first-order chi connectivity index (χ1) is 15.7. The van der Waals surface area contributed by atoms with Crippen LogP contribution in [-0.2, 0) is 19.6 Å². The molecule has 0 spiro atoms. The van der Waals surface area contributed by atoms with Crippen LogP contribution >= 0.6 is 0 Å². The number of nitrogens with zero attached hydrogens (tertiary/aromatic N) is 2. The number of carbonyl (C=O) groups is 2. The van der Waals surface area contributed by atoms with Crippen molar-refractivity contribution in [3.05, 3.63) is 59.2 Å². The minimum atomic E-state index is -3.72. The SMILES string of the molecule is Cc1ccc(S(=O)(=O)Nc2ccc(C(=O)N3CCN(C(=O)C4CCCO4)CC3)cc2)cc1C. The van der Waals surface area contributed by atoms with Crippen LogP contribution < -0.4 is 4.72 Å². The maximum absolute atomic E-state index is 12.9. The van der Waals surface area contributed by atoms with Crippen LogP contribution in [0.4, 0.5) is 5.69 Å². The molecule has 2 aliphatic heterocycles. The Hall–Kier alpha value is -2.91. The number of aryl methyl sites for hydroxylation is 2. The van der Waals surface area contributed by atoms with Gasteiger partial charge in [-0.15, -0.1) is 0 Å². The highest BCUT2D eigenvalue weighted by atomic mass is 32.2. The number of hydrogen-bond donors (Lipinski definition) is 1. The van der Waals surface area contributed by atoms with E-state index in [1.807, 2.05) is 13.8 Å². The van der Waals surface area contributed by atoms with Gasteiger partial charge in [0.25, 0.3) is 21.8 Å². The zero-order chi connectivity index (χ0) is 23.6. The molecule has 2 aromatic rings. The fourth-order valence-electron chi connectivity index (χ4n) is 4.06. The number of rotatable bonds is 5. The number of anilines is 1. The maximum Gasteiger partial charge on any atom is 0.261 e. The number of sulfonamides is 1. The average Bonchev–Trinajstić information content (AvgIpc) is 3.35. The molecule has 0 bridgehead atoms. The minimum absolute atomic E-state index is 0.0139. The smallest absolute Gasteiger partial charge is 0.261 e. The molecule has 2 fully saturated rings. The van der Waals surface area contributed by atoms with Gasteiger partial charge >= 0.3 is 0 Å². The van der Waals surface area contributed by atoms with E-state index in [0.29, 0.717) is 44.0 Å². The number of amides is 2. The Morgan fingerprint density at radius 1 is 0.939 bits per heavy atom. The van der Waals surface area contributed by atoms with Crippen LogP contribution in [0.15, 0.2) is 47.4 Å². The average molecular weight is 472 g/mol. The highest BCUT2D eigenvalue weighted by Crippen LogP contribution is 2.21. The molecule has 9 heteroatoms. The number of ether oxygens (including phenoxy) is 1. The van der Waals surface area contributed by atoms with Crippen LogP contribution in [-0.4, -0.2) is 68.9 Å². The van der Waals surface area contributed by atoms with Gasteiger partial charge in [0.15, 0.2) is 0 Å². The first-order valence-corrected chi connectivity index (χ1v) is 12.6. The molecular weight excluding hydrogens is 442 g/mol. The van der Waals surface area contributed by atoms with E-state index in [9.17, 15) is 18.0 Å². The molecule has 176 valence electrons. The Labute approximate surface area is 194 Å². The summed E-state index contributed by atoms with van der Waals surface area (Å²) in [6.07, 6.45) is 1.33. The standard InChI is InChI=1S/C24H29N3O5S/c1-17-5-10-21(16-18(17)2)33(30,31)25-20-8-6-19(7-9-20)23(28)26-11-13-27(14-12-26)24(29)22-4-3-15-32-22/h5-10,16,22,25H,3-4,11-15H2,1-2H3. The predicted molar refractivity (Wildman–Crippen MR) is 125 cm³/mol. The van der Waals surface area contributed by atoms with Gasteiger partial charge in [0.1, 0.15) is 6.10 Å². The summed E-state index contributed by atoms with van der Waals surface area (Å²) in [7, 11) is -3.72. The monoisotopic (exact) mass is 471 g/mol. The van der Waals surface area contributed by atoms with Gasteiger partial charge < -0.3 is 14.5 Å². The second kappa shape index (κ2) is 9.52. The molecular formula is C24H29N3O5S. The lowest BCUT2D eigenvalue weighted by Gasteiger charge is -2.35. The summed E-state index contributed by atoms with van der Waals surface area (Å²) in [6.45, 7) is 6.31. The molecule has 2 heterocycles. The molecule has 2 aliphatic rings. The number of nitrogens with one attached hydrogen (secondary N) is 1. The summed E-state index contributed by atoms with van der Waals surface area (Å²) in [4.78, 5) is 29.0. The van der Waals surface area contributed by atoms with E-state index in [2.05, 4.69) is 4.72 Å². The van der Waals surface area contributed by atoms with Gasteiger partial charge in [0.2, 0.25) is 0 Å². The molecule has 0 saturated carbocycles. The molecule has 2 saturated heterocycles. The third kappa shape index (κ3) is 5.20. The maximum atomic E-state index is 12.9. The Kier molecular flexibility index (Phi) is 6.71. The summed E-state index contributed by atoms with van der Waals surface area (Å²) in [5.41, 5.74) is 2.78. The Bertz CT molecular complexity index is 1130. The predicted octanol–water partition coefficient (Wildman–Crippen LogP) is 2.57. The molecule has 8 nitrogen and oxygen atoms in total. The quantitative estimate of drug-likeness (QED) is 0.723. The van der Waals surface area contributed by atoms with E-state index in [-0.39, 0.29) is 22.8 Å². The normalized spacial score (nSPS) is 18.9. The number of carbonyl (C=O) groups excluding carboxylic acids is 2. The van der Waals surface area contributed by atoms with Crippen molar-refractivity contribution in [2.75, 3.05) is 37.5 Å². The second-order valence-electron chi connectivity index (χ2n) is 8.55. The zero-order valence-electron chi connectivity index (χ0n) is 18.9. The van der Waals surface area contributed by atoms with Gasteiger partial charge in [-0.2, -0.15) is 0 Å². The van der Waals surface area contributed by atoms with Crippen molar-refractivity contribution >= 4 is 27.5 Å². The van der Waals surface area contributed by atoms with Crippen LogP contribution in [0.3, 0.4) is 0 Å². The van der Waals surface area contributed by atoms with E-state index in [1.165, 1.54) is 0 Å². The molecule has 33 heavy (non-hydrogen) atoms. The minimum Gasteiger partial charge on any atom is -0.368 e. The highest BCUT2D eigenvalue weighted by Gasteiger charge is 2.31. The van der Waals surface area contributed by atoms with E-state index >= 15 is 0 Å². The topological polar surface area (TPSA) is 96.0 Å². The first kappa shape index (κ1) is 23.3. The molecule has 1 N–H and O–H groups in total. The van der Waals surface area contributed by atoms with Crippen molar-refractivity contribution < 1.29 is 22.7 Å². The lowest BCUT2D eigenvalue weighted by atomic mass is 10.1. The zero-order valence-corrected chi connectivity index (χ0v) is 19.7. The van der Waals surface area contributed by atoms with Crippen molar-refractivity contribution in [2.24, 2.45) is 0 Å². The van der Waals surface area contributed by atoms with E-state index in [1.54, 1.807) is 52.3 Å². The van der Waals surface area contributed by atoms with Gasteiger partial charge in [-0.3, -0.25) is 14.3 Å². The third-order valence-electron chi connectivity index (χ3n) is 6.26. The van der Waals surface area contributed by atoms with Crippen molar-refractivity contribution in [3.8, 4) is 0 Å². The Morgan fingerprint density at radius 2 is 1.61 bits per heavy atom. The van der Waals surface area contributed by atoms with E-state index in [0.717, 1.165) is 24.0 Å². The molecule has 0 aliphatic carbocycles. The van der Waals surface area contributed by atoms with Crippen LogP contribution in [0.2, 0.25) is 0 Å². The number of piperazine rings is 1. The number of hydrogen-bond acceptors (Lipinski definition) is 5. The summed E-state index contributed by atoms with van der Waals surface area (Å²) < 4.78 is 33.4. The Balaban J connectivity index is 1.35. The van der Waals surface area contributed by atoms with Crippen molar-refractivity contribution in [2.45, 2.75) is 37.7 Å². The third-order valence-corrected chi connectivity index (χ3v) is 7.64. The van der Waals surface area contributed by atoms with Crippen LogP contribution in [0.1, 0.15) is 34.3 Å². The van der Waals surface area contributed by atoms with Gasteiger partial charge in [0.05, 0.1) is 4.90 Å². The van der Waals surface area contributed by atoms with Gasteiger partial charge in [0, 0.05) is 44.0 Å². The molecule has 2 amide bonds. The van der Waals surface area contributed by atoms with Gasteiger partial charge in [-0.05, 0) is 74.2 Å². The second-order valence-corrected chi connectivity index (χ2v) is 10.2. The van der Waals surface area contributed by atoms with E-state index in [4.69, 9.17) is 4.74 Å². The van der Waals surface area contributed by atoms with Crippen LogP contribution in [0.5, 0.6) is 0 Å². The molecule has 0 radical (unpaired) electrons. The van der Waals surface area contributed by atoms with Crippen molar-refractivity contribution in [1.82, 2.24) is 9.80 Å². The molecule has 4 rings (SSSR count). The van der Waals surface area contributed by atoms with E-state index < -0.39 is 10.0 Å². The van der Waals surface area contributed by atoms with Crippen LogP contribution in [0.25, 0.3) is 0 Å². The van der Waals surface area contributed by atoms with Crippen molar-refractivity contribution in [1.29, 1.82) is 0 Å². The summed E-state index contributed by atoms with van der Waals surface area (Å²) >= 11 is 0. The first-order valence-electron chi connectivity index (χ1n) is 11.1. The Morgan fingerprint density at radius 3 is 2.21 bits per heavy atom. The van der Waals surface area contributed by atoms with Crippen molar-refractivity contribution in [3.63, 3.8) is 0 Å². The molecule has 2 aromatic carbocycles. The lowest BCUT2D eigenvalue weighted by molar-refractivity contribution is -0.142. The van der Waals surface area contributed by atoms with Gasteiger partial charge in [-0.25, -0.2) is 8.42 Å².